The maximum absolute atomic E-state index is 11.5. The van der Waals surface area contributed by atoms with E-state index in [1.807, 2.05) is 31.4 Å². The van der Waals surface area contributed by atoms with Crippen molar-refractivity contribution in [2.75, 3.05) is 0 Å². The molecule has 0 aliphatic carbocycles. The zero-order valence-electron chi connectivity index (χ0n) is 8.29. The smallest absolute Gasteiger partial charge is 0.234 e. The molecule has 1 N–H and O–H groups in total. The summed E-state index contributed by atoms with van der Waals surface area (Å²) in [5.74, 6) is 0.0633. The lowest BCUT2D eigenvalue weighted by molar-refractivity contribution is -0.121. The highest BCUT2D eigenvalue weighted by Gasteiger charge is 2.15. The van der Waals surface area contributed by atoms with Gasteiger partial charge in [0.1, 0.15) is 0 Å². The Morgan fingerprint density at radius 1 is 1.71 bits per heavy atom. The van der Waals surface area contributed by atoms with Crippen molar-refractivity contribution in [3.63, 3.8) is 0 Å². The Morgan fingerprint density at radius 3 is 2.93 bits per heavy atom. The van der Waals surface area contributed by atoms with Crippen molar-refractivity contribution >= 4 is 33.2 Å². The molecule has 78 valence electrons. The van der Waals surface area contributed by atoms with Crippen LogP contribution in [0.1, 0.15) is 31.2 Å². The van der Waals surface area contributed by atoms with Gasteiger partial charge in [-0.2, -0.15) is 0 Å². The molecular formula is C10H14BrNOS. The Morgan fingerprint density at radius 2 is 2.43 bits per heavy atom. The molecule has 0 radical (unpaired) electrons. The third-order valence-corrected chi connectivity index (χ3v) is 4.09. The fourth-order valence-corrected chi connectivity index (χ4v) is 1.96. The van der Waals surface area contributed by atoms with Gasteiger partial charge in [0.2, 0.25) is 5.91 Å². The summed E-state index contributed by atoms with van der Waals surface area (Å²) < 4.78 is 0. The minimum atomic E-state index is -0.0788. The fraction of sp³-hybridized carbons (Fsp3) is 0.500. The molecule has 1 aromatic rings. The van der Waals surface area contributed by atoms with E-state index in [2.05, 4.69) is 21.2 Å². The van der Waals surface area contributed by atoms with Gasteiger partial charge in [0, 0.05) is 4.88 Å². The Bertz CT molecular complexity index is 286. The summed E-state index contributed by atoms with van der Waals surface area (Å²) in [7, 11) is 0. The van der Waals surface area contributed by atoms with E-state index in [-0.39, 0.29) is 16.8 Å². The lowest BCUT2D eigenvalue weighted by atomic mass is 10.2. The number of alkyl halides is 1. The molecule has 1 aromatic heterocycles. The SMILES string of the molecule is CCC(Br)C(=O)N[C@@H](C)c1cccs1. The first kappa shape index (κ1) is 11.7. The molecule has 1 amide bonds. The predicted octanol–water partition coefficient (Wildman–Crippen LogP) is 3.10. The largest absolute Gasteiger partial charge is 0.348 e. The number of thiophene rings is 1. The molecule has 0 saturated carbocycles. The van der Waals surface area contributed by atoms with Crippen LogP contribution in [-0.4, -0.2) is 10.7 Å². The quantitative estimate of drug-likeness (QED) is 0.841. The number of amides is 1. The van der Waals surface area contributed by atoms with E-state index in [0.717, 1.165) is 6.42 Å². The minimum absolute atomic E-state index is 0.0633. The molecule has 2 atom stereocenters. The molecule has 0 bridgehead atoms. The molecule has 1 unspecified atom stereocenters. The number of carbonyl (C=O) groups excluding carboxylic acids is 1. The minimum Gasteiger partial charge on any atom is -0.348 e. The molecule has 0 aromatic carbocycles. The monoisotopic (exact) mass is 275 g/mol. The highest BCUT2D eigenvalue weighted by molar-refractivity contribution is 9.10. The Hall–Kier alpha value is -0.350. The summed E-state index contributed by atoms with van der Waals surface area (Å²) in [5, 5.41) is 4.97. The Balaban J connectivity index is 2.49. The van der Waals surface area contributed by atoms with Crippen molar-refractivity contribution in [3.05, 3.63) is 22.4 Å². The third-order valence-electron chi connectivity index (χ3n) is 1.97. The van der Waals surface area contributed by atoms with E-state index in [9.17, 15) is 4.79 Å². The maximum atomic E-state index is 11.5. The van der Waals surface area contributed by atoms with Crippen LogP contribution in [0.4, 0.5) is 0 Å². The van der Waals surface area contributed by atoms with Gasteiger partial charge in [-0.3, -0.25) is 4.79 Å². The van der Waals surface area contributed by atoms with Crippen LogP contribution in [0.5, 0.6) is 0 Å². The first-order valence-corrected chi connectivity index (χ1v) is 6.42. The third kappa shape index (κ3) is 3.10. The second-order valence-corrected chi connectivity index (χ2v) is 5.21. The topological polar surface area (TPSA) is 29.1 Å². The molecule has 1 rings (SSSR count). The van der Waals surface area contributed by atoms with Gasteiger partial charge in [0.15, 0.2) is 0 Å². The first-order valence-electron chi connectivity index (χ1n) is 4.63. The van der Waals surface area contributed by atoms with E-state index in [1.54, 1.807) is 11.3 Å². The van der Waals surface area contributed by atoms with Gasteiger partial charge in [-0.1, -0.05) is 28.9 Å². The average Bonchev–Trinajstić information content (AvgIpc) is 2.69. The number of carbonyl (C=O) groups is 1. The van der Waals surface area contributed by atoms with E-state index in [0.29, 0.717) is 0 Å². The molecule has 4 heteroatoms. The second kappa shape index (κ2) is 5.51. The number of rotatable bonds is 4. The van der Waals surface area contributed by atoms with Crippen molar-refractivity contribution in [1.29, 1.82) is 0 Å². The number of halogens is 1. The van der Waals surface area contributed by atoms with Crippen LogP contribution in [0, 0.1) is 0 Å². The Labute approximate surface area is 96.8 Å². The van der Waals surface area contributed by atoms with Crippen LogP contribution in [0.15, 0.2) is 17.5 Å². The molecule has 0 saturated heterocycles. The molecule has 1 heterocycles. The molecule has 0 spiro atoms. The lowest BCUT2D eigenvalue weighted by Gasteiger charge is -2.14. The van der Waals surface area contributed by atoms with Gasteiger partial charge in [0.25, 0.3) is 0 Å². The summed E-state index contributed by atoms with van der Waals surface area (Å²) in [6.45, 7) is 3.98. The summed E-state index contributed by atoms with van der Waals surface area (Å²) in [6.07, 6.45) is 0.809. The van der Waals surface area contributed by atoms with Gasteiger partial charge >= 0.3 is 0 Å². The van der Waals surface area contributed by atoms with E-state index >= 15 is 0 Å². The number of hydrogen-bond acceptors (Lipinski definition) is 2. The molecule has 2 nitrogen and oxygen atoms in total. The lowest BCUT2D eigenvalue weighted by Crippen LogP contribution is -2.32. The Kier molecular flexibility index (Phi) is 4.62. The van der Waals surface area contributed by atoms with Gasteiger partial charge in [0.05, 0.1) is 10.9 Å². The average molecular weight is 276 g/mol. The molecule has 0 aliphatic heterocycles. The van der Waals surface area contributed by atoms with E-state index in [1.165, 1.54) is 4.88 Å². The summed E-state index contributed by atoms with van der Waals surface area (Å²) in [4.78, 5) is 12.6. The van der Waals surface area contributed by atoms with Gasteiger partial charge in [-0.25, -0.2) is 0 Å². The maximum Gasteiger partial charge on any atom is 0.234 e. The van der Waals surface area contributed by atoms with Crippen LogP contribution >= 0.6 is 27.3 Å². The summed E-state index contributed by atoms with van der Waals surface area (Å²) in [6, 6.07) is 4.13. The highest BCUT2D eigenvalue weighted by atomic mass is 79.9. The molecular weight excluding hydrogens is 262 g/mol. The highest BCUT2D eigenvalue weighted by Crippen LogP contribution is 2.18. The van der Waals surface area contributed by atoms with Crippen molar-refractivity contribution in [3.8, 4) is 0 Å². The van der Waals surface area contributed by atoms with Gasteiger partial charge in [-0.15, -0.1) is 11.3 Å². The van der Waals surface area contributed by atoms with E-state index < -0.39 is 0 Å². The molecule has 14 heavy (non-hydrogen) atoms. The first-order chi connectivity index (χ1) is 6.65. The van der Waals surface area contributed by atoms with Crippen LogP contribution in [0.3, 0.4) is 0 Å². The number of nitrogens with one attached hydrogen (secondary N) is 1. The van der Waals surface area contributed by atoms with Crippen molar-refractivity contribution in [1.82, 2.24) is 5.32 Å². The summed E-state index contributed by atoms with van der Waals surface area (Å²) in [5.41, 5.74) is 0. The van der Waals surface area contributed by atoms with Crippen LogP contribution < -0.4 is 5.32 Å². The predicted molar refractivity (Wildman–Crippen MR) is 63.9 cm³/mol. The number of hydrogen-bond donors (Lipinski definition) is 1. The van der Waals surface area contributed by atoms with E-state index in [4.69, 9.17) is 0 Å². The normalized spacial score (nSPS) is 14.8. The van der Waals surface area contributed by atoms with Gasteiger partial charge < -0.3 is 5.32 Å². The van der Waals surface area contributed by atoms with Crippen LogP contribution in [0.25, 0.3) is 0 Å². The van der Waals surface area contributed by atoms with Crippen molar-refractivity contribution < 1.29 is 4.79 Å². The molecule has 0 fully saturated rings. The van der Waals surface area contributed by atoms with Gasteiger partial charge in [-0.05, 0) is 24.8 Å². The second-order valence-electron chi connectivity index (χ2n) is 3.12. The summed E-state index contributed by atoms with van der Waals surface area (Å²) >= 11 is 4.99. The van der Waals surface area contributed by atoms with Crippen LogP contribution in [-0.2, 0) is 4.79 Å². The zero-order chi connectivity index (χ0) is 10.6. The zero-order valence-corrected chi connectivity index (χ0v) is 10.7. The fourth-order valence-electron chi connectivity index (χ4n) is 1.10. The van der Waals surface area contributed by atoms with Crippen molar-refractivity contribution in [2.45, 2.75) is 31.1 Å². The molecule has 0 aliphatic rings. The standard InChI is InChI=1S/C10H14BrNOS/c1-3-8(11)10(13)12-7(2)9-5-4-6-14-9/h4-8H,3H2,1-2H3,(H,12,13)/t7-,8?/m0/s1. The van der Waals surface area contributed by atoms with Crippen LogP contribution in [0.2, 0.25) is 0 Å². The van der Waals surface area contributed by atoms with Crippen molar-refractivity contribution in [2.24, 2.45) is 0 Å².